The van der Waals surface area contributed by atoms with Gasteiger partial charge < -0.3 is 4.74 Å². The Balaban J connectivity index is 1.59. The van der Waals surface area contributed by atoms with Gasteiger partial charge in [-0.25, -0.2) is 5.43 Å². The molecule has 0 spiro atoms. The van der Waals surface area contributed by atoms with Crippen molar-refractivity contribution in [2.24, 2.45) is 11.0 Å². The first kappa shape index (κ1) is 17.7. The Labute approximate surface area is 153 Å². The molecule has 132 valence electrons. The van der Waals surface area contributed by atoms with Crippen LogP contribution in [-0.4, -0.2) is 18.7 Å². The van der Waals surface area contributed by atoms with Crippen molar-refractivity contribution >= 4 is 22.9 Å². The van der Waals surface area contributed by atoms with Crippen LogP contribution in [0.1, 0.15) is 29.8 Å². The van der Waals surface area contributed by atoms with Gasteiger partial charge in [0.25, 0.3) is 5.91 Å². The summed E-state index contributed by atoms with van der Waals surface area (Å²) in [5.74, 6) is 0.967. The van der Waals surface area contributed by atoms with E-state index in [-0.39, 0.29) is 5.91 Å². The fourth-order valence-corrected chi connectivity index (χ4v) is 2.48. The predicted molar refractivity (Wildman–Crippen MR) is 106 cm³/mol. The number of amides is 1. The third-order valence-electron chi connectivity index (χ3n) is 3.85. The van der Waals surface area contributed by atoms with Crippen LogP contribution in [-0.2, 0) is 0 Å². The smallest absolute Gasteiger partial charge is 0.271 e. The summed E-state index contributed by atoms with van der Waals surface area (Å²) in [5, 5.41) is 6.36. The Hall–Kier alpha value is -3.14. The Bertz CT molecular complexity index is 915. The average molecular weight is 346 g/mol. The molecule has 0 bridgehead atoms. The Morgan fingerprint density at radius 2 is 1.77 bits per heavy atom. The van der Waals surface area contributed by atoms with Gasteiger partial charge in [0.15, 0.2) is 0 Å². The molecule has 0 aromatic heterocycles. The number of nitrogens with zero attached hydrogens (tertiary/aromatic N) is 1. The lowest BCUT2D eigenvalue weighted by molar-refractivity contribution is 0.0955. The van der Waals surface area contributed by atoms with Gasteiger partial charge in [-0.05, 0) is 52.6 Å². The van der Waals surface area contributed by atoms with Crippen molar-refractivity contribution < 1.29 is 9.53 Å². The maximum atomic E-state index is 12.2. The minimum Gasteiger partial charge on any atom is -0.493 e. The zero-order chi connectivity index (χ0) is 18.4. The molecule has 0 fully saturated rings. The third kappa shape index (κ3) is 4.70. The maximum Gasteiger partial charge on any atom is 0.271 e. The van der Waals surface area contributed by atoms with E-state index in [0.29, 0.717) is 18.1 Å². The fraction of sp³-hybridized carbons (Fsp3) is 0.182. The highest BCUT2D eigenvalue weighted by molar-refractivity contribution is 5.95. The number of benzene rings is 3. The molecule has 3 aromatic rings. The van der Waals surface area contributed by atoms with Gasteiger partial charge in [0, 0.05) is 5.56 Å². The van der Waals surface area contributed by atoms with Gasteiger partial charge in [-0.1, -0.05) is 50.2 Å². The predicted octanol–water partition coefficient (Wildman–Crippen LogP) is 4.64. The molecule has 0 saturated carbocycles. The molecule has 0 aliphatic heterocycles. The molecule has 0 aliphatic carbocycles. The second-order valence-electron chi connectivity index (χ2n) is 6.53. The number of hydrogen-bond acceptors (Lipinski definition) is 3. The maximum absolute atomic E-state index is 12.2. The molecule has 4 nitrogen and oxygen atoms in total. The van der Waals surface area contributed by atoms with Crippen molar-refractivity contribution in [3.8, 4) is 5.75 Å². The molecule has 4 heteroatoms. The highest BCUT2D eigenvalue weighted by Gasteiger charge is 2.05. The topological polar surface area (TPSA) is 50.7 Å². The Morgan fingerprint density at radius 3 is 2.50 bits per heavy atom. The number of nitrogens with one attached hydrogen (secondary N) is 1. The molecule has 0 aliphatic rings. The first-order valence-corrected chi connectivity index (χ1v) is 8.67. The van der Waals surface area contributed by atoms with Crippen LogP contribution in [0.2, 0.25) is 0 Å². The minimum atomic E-state index is -0.252. The molecule has 0 heterocycles. The zero-order valence-electron chi connectivity index (χ0n) is 15.0. The molecule has 0 unspecified atom stereocenters. The lowest BCUT2D eigenvalue weighted by Crippen LogP contribution is -2.17. The molecule has 1 N–H and O–H groups in total. The van der Waals surface area contributed by atoms with E-state index >= 15 is 0 Å². The van der Waals surface area contributed by atoms with Crippen LogP contribution in [0.15, 0.2) is 71.8 Å². The summed E-state index contributed by atoms with van der Waals surface area (Å²) in [5.41, 5.74) is 4.03. The van der Waals surface area contributed by atoms with E-state index in [1.165, 1.54) is 5.39 Å². The number of hydrazone groups is 1. The number of fused-ring (bicyclic) bond motifs is 1. The van der Waals surface area contributed by atoms with Crippen LogP contribution in [0.3, 0.4) is 0 Å². The molecular weight excluding hydrogens is 324 g/mol. The minimum absolute atomic E-state index is 0.252. The summed E-state index contributed by atoms with van der Waals surface area (Å²) >= 11 is 0. The first-order chi connectivity index (χ1) is 12.6. The van der Waals surface area contributed by atoms with Crippen molar-refractivity contribution in [2.75, 3.05) is 6.61 Å². The number of rotatable bonds is 6. The molecule has 26 heavy (non-hydrogen) atoms. The van der Waals surface area contributed by atoms with Gasteiger partial charge in [-0.3, -0.25) is 4.79 Å². The quantitative estimate of drug-likeness (QED) is 0.522. The lowest BCUT2D eigenvalue weighted by Gasteiger charge is -2.08. The van der Waals surface area contributed by atoms with E-state index in [1.807, 2.05) is 36.4 Å². The van der Waals surface area contributed by atoms with Crippen LogP contribution < -0.4 is 10.2 Å². The highest BCUT2D eigenvalue weighted by atomic mass is 16.5. The fourth-order valence-electron chi connectivity index (χ4n) is 2.48. The van der Waals surface area contributed by atoms with Gasteiger partial charge in [-0.2, -0.15) is 5.10 Å². The van der Waals surface area contributed by atoms with Crippen LogP contribution >= 0.6 is 0 Å². The third-order valence-corrected chi connectivity index (χ3v) is 3.85. The van der Waals surface area contributed by atoms with Crippen LogP contribution in [0.4, 0.5) is 0 Å². The molecule has 3 rings (SSSR count). The van der Waals surface area contributed by atoms with E-state index in [0.717, 1.165) is 16.7 Å². The SMILES string of the molecule is CC(C)COc1ccc(C(=O)NN=Cc2ccc3ccccc3c2)cc1. The Kier molecular flexibility index (Phi) is 5.64. The standard InChI is InChI=1S/C22H22N2O2/c1-16(2)15-26-21-11-9-19(10-12-21)22(25)24-23-14-17-7-8-18-5-3-4-6-20(18)13-17/h3-14,16H,15H2,1-2H3,(H,24,25). The van der Waals surface area contributed by atoms with Crippen LogP contribution in [0, 0.1) is 5.92 Å². The zero-order valence-corrected chi connectivity index (χ0v) is 15.0. The monoisotopic (exact) mass is 346 g/mol. The van der Waals surface area contributed by atoms with Gasteiger partial charge >= 0.3 is 0 Å². The Morgan fingerprint density at radius 1 is 1.04 bits per heavy atom. The molecular formula is C22H22N2O2. The van der Waals surface area contributed by atoms with Gasteiger partial charge in [0.1, 0.15) is 5.75 Å². The number of carbonyl (C=O) groups excluding carboxylic acids is 1. The van der Waals surface area contributed by atoms with Gasteiger partial charge in [0.05, 0.1) is 12.8 Å². The van der Waals surface area contributed by atoms with Crippen molar-refractivity contribution in [1.82, 2.24) is 5.43 Å². The number of hydrogen-bond donors (Lipinski definition) is 1. The van der Waals surface area contributed by atoms with Gasteiger partial charge in [0.2, 0.25) is 0 Å². The molecule has 0 saturated heterocycles. The summed E-state index contributed by atoms with van der Waals surface area (Å²) in [6.07, 6.45) is 1.64. The van der Waals surface area contributed by atoms with Crippen LogP contribution in [0.25, 0.3) is 10.8 Å². The van der Waals surface area contributed by atoms with Crippen molar-refractivity contribution in [2.45, 2.75) is 13.8 Å². The van der Waals surface area contributed by atoms with Crippen molar-refractivity contribution in [3.63, 3.8) is 0 Å². The van der Waals surface area contributed by atoms with E-state index in [1.54, 1.807) is 30.5 Å². The van der Waals surface area contributed by atoms with E-state index < -0.39 is 0 Å². The molecule has 0 atom stereocenters. The summed E-state index contributed by atoms with van der Waals surface area (Å²) in [4.78, 5) is 12.2. The van der Waals surface area contributed by atoms with E-state index in [4.69, 9.17) is 4.74 Å². The summed E-state index contributed by atoms with van der Waals surface area (Å²) in [6.45, 7) is 4.84. The van der Waals surface area contributed by atoms with Gasteiger partial charge in [-0.15, -0.1) is 0 Å². The average Bonchev–Trinajstić information content (AvgIpc) is 2.66. The van der Waals surface area contributed by atoms with E-state index in [9.17, 15) is 4.79 Å². The highest BCUT2D eigenvalue weighted by Crippen LogP contribution is 2.15. The van der Waals surface area contributed by atoms with Crippen molar-refractivity contribution in [3.05, 3.63) is 77.9 Å². The first-order valence-electron chi connectivity index (χ1n) is 8.67. The number of carbonyl (C=O) groups is 1. The molecule has 3 aromatic carbocycles. The second-order valence-corrected chi connectivity index (χ2v) is 6.53. The molecule has 1 amide bonds. The normalized spacial score (nSPS) is 11.2. The number of ether oxygens (including phenoxy) is 1. The summed E-state index contributed by atoms with van der Waals surface area (Å²) < 4.78 is 5.61. The summed E-state index contributed by atoms with van der Waals surface area (Å²) in [6, 6.07) is 21.2. The van der Waals surface area contributed by atoms with E-state index in [2.05, 4.69) is 30.4 Å². The van der Waals surface area contributed by atoms with Crippen molar-refractivity contribution in [1.29, 1.82) is 0 Å². The lowest BCUT2D eigenvalue weighted by atomic mass is 10.1. The second kappa shape index (κ2) is 8.30. The summed E-state index contributed by atoms with van der Waals surface area (Å²) in [7, 11) is 0. The van der Waals surface area contributed by atoms with Crippen LogP contribution in [0.5, 0.6) is 5.75 Å². The molecule has 0 radical (unpaired) electrons. The largest absolute Gasteiger partial charge is 0.493 e.